The van der Waals surface area contributed by atoms with Gasteiger partial charge >= 0.3 is 0 Å². The topological polar surface area (TPSA) is 70.8 Å². The van der Waals surface area contributed by atoms with Crippen molar-refractivity contribution in [3.8, 4) is 28.5 Å². The molecule has 1 heterocycles. The molecule has 0 aliphatic rings. The van der Waals surface area contributed by atoms with Crippen LogP contribution < -0.4 is 0 Å². The number of pyridine rings is 1. The second-order valence-electron chi connectivity index (χ2n) is 7.85. The van der Waals surface area contributed by atoms with E-state index >= 15 is 0 Å². The van der Waals surface area contributed by atoms with Crippen LogP contribution in [0.1, 0.15) is 23.3 Å². The zero-order valence-corrected chi connectivity index (χ0v) is 20.4. The van der Waals surface area contributed by atoms with E-state index in [0.717, 1.165) is 27.9 Å². The molecule has 0 saturated carbocycles. The van der Waals surface area contributed by atoms with Crippen molar-refractivity contribution >= 4 is 21.6 Å². The van der Waals surface area contributed by atoms with E-state index in [1.165, 1.54) is 11.8 Å². The average molecular weight is 485 g/mol. The standard InChI is InChI=1S/C28H24N2O2S2/c1-21(22-11-5-2-6-12-22)34(31,32)18-17-33-28-26(20-29)25(23-13-7-3-8-14-23)19-27(30-28)24-15-9-4-10-16-24/h2-16,19,21H,17-18H2,1H3. The Morgan fingerprint density at radius 2 is 1.44 bits per heavy atom. The molecule has 1 atom stereocenters. The highest BCUT2D eigenvalue weighted by atomic mass is 32.2. The molecule has 0 N–H and O–H groups in total. The molecule has 34 heavy (non-hydrogen) atoms. The highest BCUT2D eigenvalue weighted by Gasteiger charge is 2.23. The molecule has 0 fully saturated rings. The zero-order chi connectivity index (χ0) is 24.0. The van der Waals surface area contributed by atoms with Crippen LogP contribution in [0.3, 0.4) is 0 Å². The first-order chi connectivity index (χ1) is 16.5. The van der Waals surface area contributed by atoms with Crippen molar-refractivity contribution in [2.45, 2.75) is 17.2 Å². The van der Waals surface area contributed by atoms with E-state index in [4.69, 9.17) is 4.98 Å². The van der Waals surface area contributed by atoms with E-state index < -0.39 is 15.1 Å². The van der Waals surface area contributed by atoms with E-state index in [2.05, 4.69) is 6.07 Å². The van der Waals surface area contributed by atoms with Crippen molar-refractivity contribution in [3.63, 3.8) is 0 Å². The molecule has 0 aliphatic carbocycles. The highest BCUT2D eigenvalue weighted by molar-refractivity contribution is 8.00. The lowest BCUT2D eigenvalue weighted by Crippen LogP contribution is -2.16. The Balaban J connectivity index is 1.65. The SMILES string of the molecule is CC(c1ccccc1)S(=O)(=O)CCSc1nc(-c2ccccc2)cc(-c2ccccc2)c1C#N. The Kier molecular flexibility index (Phi) is 7.46. The summed E-state index contributed by atoms with van der Waals surface area (Å²) in [6.07, 6.45) is 0. The summed E-state index contributed by atoms with van der Waals surface area (Å²) in [7, 11) is -3.36. The van der Waals surface area contributed by atoms with E-state index in [-0.39, 0.29) is 5.75 Å². The fraction of sp³-hybridized carbons (Fsp3) is 0.143. The number of nitrogens with zero attached hydrogens (tertiary/aromatic N) is 2. The van der Waals surface area contributed by atoms with Crippen molar-refractivity contribution in [2.75, 3.05) is 11.5 Å². The lowest BCUT2D eigenvalue weighted by Gasteiger charge is -2.15. The molecule has 0 radical (unpaired) electrons. The van der Waals surface area contributed by atoms with Crippen LogP contribution in [-0.2, 0) is 9.84 Å². The van der Waals surface area contributed by atoms with Crippen LogP contribution in [0.25, 0.3) is 22.4 Å². The second-order valence-corrected chi connectivity index (χ2v) is 11.4. The van der Waals surface area contributed by atoms with Crippen molar-refractivity contribution in [1.29, 1.82) is 5.26 Å². The van der Waals surface area contributed by atoms with Crippen molar-refractivity contribution in [2.24, 2.45) is 0 Å². The molecule has 4 aromatic rings. The first kappa shape index (κ1) is 23.7. The molecule has 170 valence electrons. The molecule has 4 rings (SSSR count). The van der Waals surface area contributed by atoms with Gasteiger partial charge in [0.05, 0.1) is 22.3 Å². The molecule has 0 amide bonds. The van der Waals surface area contributed by atoms with E-state index in [1.54, 1.807) is 6.92 Å². The van der Waals surface area contributed by atoms with Gasteiger partial charge in [-0.3, -0.25) is 0 Å². The Morgan fingerprint density at radius 3 is 2.03 bits per heavy atom. The van der Waals surface area contributed by atoms with Gasteiger partial charge in [0.1, 0.15) is 11.1 Å². The van der Waals surface area contributed by atoms with Gasteiger partial charge in [-0.2, -0.15) is 5.26 Å². The third-order valence-corrected chi connectivity index (χ3v) is 9.02. The minimum absolute atomic E-state index is 0.00346. The molecular weight excluding hydrogens is 460 g/mol. The molecule has 0 saturated heterocycles. The average Bonchev–Trinajstić information content (AvgIpc) is 2.89. The number of rotatable bonds is 8. The molecule has 6 heteroatoms. The van der Waals surface area contributed by atoms with Crippen LogP contribution >= 0.6 is 11.8 Å². The van der Waals surface area contributed by atoms with Gasteiger partial charge in [-0.25, -0.2) is 13.4 Å². The summed E-state index contributed by atoms with van der Waals surface area (Å²) in [5.74, 6) is 0.310. The van der Waals surface area contributed by atoms with Gasteiger partial charge < -0.3 is 0 Å². The minimum atomic E-state index is -3.36. The number of hydrogen-bond donors (Lipinski definition) is 0. The molecule has 3 aromatic carbocycles. The van der Waals surface area contributed by atoms with Crippen LogP contribution in [0.4, 0.5) is 0 Å². The number of thioether (sulfide) groups is 1. The third kappa shape index (κ3) is 5.39. The summed E-state index contributed by atoms with van der Waals surface area (Å²) in [6, 6.07) is 33.0. The number of aromatic nitrogens is 1. The lowest BCUT2D eigenvalue weighted by atomic mass is 9.99. The van der Waals surface area contributed by atoms with Crippen LogP contribution in [0.5, 0.6) is 0 Å². The Morgan fingerprint density at radius 1 is 0.882 bits per heavy atom. The maximum atomic E-state index is 13.0. The fourth-order valence-electron chi connectivity index (χ4n) is 3.70. The molecular formula is C28H24N2O2S2. The van der Waals surface area contributed by atoms with E-state index in [9.17, 15) is 13.7 Å². The Labute approximate surface area is 205 Å². The van der Waals surface area contributed by atoms with E-state index in [1.807, 2.05) is 97.1 Å². The molecule has 0 spiro atoms. The third-order valence-electron chi connectivity index (χ3n) is 5.67. The summed E-state index contributed by atoms with van der Waals surface area (Å²) < 4.78 is 25.9. The number of sulfone groups is 1. The first-order valence-corrected chi connectivity index (χ1v) is 13.6. The van der Waals surface area contributed by atoms with Crippen LogP contribution in [-0.4, -0.2) is 24.9 Å². The van der Waals surface area contributed by atoms with Gasteiger partial charge in [-0.1, -0.05) is 91.0 Å². The van der Waals surface area contributed by atoms with E-state index in [0.29, 0.717) is 16.3 Å². The normalized spacial score (nSPS) is 12.1. The number of nitriles is 1. The molecule has 0 aliphatic heterocycles. The van der Waals surface area contributed by atoms with Gasteiger partial charge in [0.25, 0.3) is 0 Å². The van der Waals surface area contributed by atoms with Crippen LogP contribution in [0.2, 0.25) is 0 Å². The van der Waals surface area contributed by atoms with Gasteiger partial charge in [0.2, 0.25) is 0 Å². The van der Waals surface area contributed by atoms with Crippen molar-refractivity contribution in [1.82, 2.24) is 4.98 Å². The number of benzene rings is 3. The summed E-state index contributed by atoms with van der Waals surface area (Å²) in [5.41, 5.74) is 4.65. The lowest BCUT2D eigenvalue weighted by molar-refractivity contribution is 0.588. The van der Waals surface area contributed by atoms with Crippen LogP contribution in [0, 0.1) is 11.3 Å². The molecule has 0 bridgehead atoms. The summed E-state index contributed by atoms with van der Waals surface area (Å²) >= 11 is 1.32. The summed E-state index contributed by atoms with van der Waals surface area (Å²) in [5, 5.41) is 9.95. The predicted molar refractivity (Wildman–Crippen MR) is 139 cm³/mol. The molecule has 1 unspecified atom stereocenters. The minimum Gasteiger partial charge on any atom is -0.240 e. The van der Waals surface area contributed by atoms with Gasteiger partial charge in [-0.15, -0.1) is 11.8 Å². The van der Waals surface area contributed by atoms with Gasteiger partial charge in [0, 0.05) is 16.9 Å². The van der Waals surface area contributed by atoms with Crippen LogP contribution in [0.15, 0.2) is 102 Å². The van der Waals surface area contributed by atoms with Gasteiger partial charge in [-0.05, 0) is 24.1 Å². The molecule has 1 aromatic heterocycles. The first-order valence-electron chi connectivity index (χ1n) is 10.9. The maximum absolute atomic E-state index is 13.0. The quantitative estimate of drug-likeness (QED) is 0.265. The highest BCUT2D eigenvalue weighted by Crippen LogP contribution is 2.34. The zero-order valence-electron chi connectivity index (χ0n) is 18.8. The summed E-state index contributed by atoms with van der Waals surface area (Å²) in [4.78, 5) is 4.77. The second kappa shape index (κ2) is 10.7. The fourth-order valence-corrected chi connectivity index (χ4v) is 6.54. The largest absolute Gasteiger partial charge is 0.240 e. The number of hydrogen-bond acceptors (Lipinski definition) is 5. The monoisotopic (exact) mass is 484 g/mol. The van der Waals surface area contributed by atoms with Crippen molar-refractivity contribution < 1.29 is 8.42 Å². The predicted octanol–water partition coefficient (Wildman–Crippen LogP) is 6.56. The summed E-state index contributed by atoms with van der Waals surface area (Å²) in [6.45, 7) is 1.72. The Bertz CT molecular complexity index is 1400. The van der Waals surface area contributed by atoms with Crippen molar-refractivity contribution in [3.05, 3.63) is 108 Å². The van der Waals surface area contributed by atoms with Gasteiger partial charge in [0.15, 0.2) is 9.84 Å². The smallest absolute Gasteiger partial charge is 0.157 e. The Hall–Kier alpha value is -3.40. The maximum Gasteiger partial charge on any atom is 0.157 e. The molecule has 4 nitrogen and oxygen atoms in total.